The molecular formula is C13H21N3S. The van der Waals surface area contributed by atoms with Crippen LogP contribution in [-0.4, -0.2) is 31.6 Å². The van der Waals surface area contributed by atoms with E-state index in [2.05, 4.69) is 53.1 Å². The van der Waals surface area contributed by atoms with Gasteiger partial charge in [0, 0.05) is 19.3 Å². The van der Waals surface area contributed by atoms with Crippen molar-refractivity contribution < 1.29 is 0 Å². The average molecular weight is 251 g/mol. The summed E-state index contributed by atoms with van der Waals surface area (Å²) in [6.45, 7) is 3.07. The fraction of sp³-hybridized carbons (Fsp3) is 0.462. The molecule has 0 saturated heterocycles. The lowest BCUT2D eigenvalue weighted by Gasteiger charge is -2.18. The Morgan fingerprint density at radius 3 is 2.65 bits per heavy atom. The highest BCUT2D eigenvalue weighted by Crippen LogP contribution is 2.10. The van der Waals surface area contributed by atoms with Gasteiger partial charge in [-0.25, -0.2) is 0 Å². The van der Waals surface area contributed by atoms with Crippen molar-refractivity contribution in [1.82, 2.24) is 10.6 Å². The topological polar surface area (TPSA) is 36.4 Å². The van der Waals surface area contributed by atoms with Gasteiger partial charge in [0.15, 0.2) is 5.96 Å². The van der Waals surface area contributed by atoms with Crippen LogP contribution in [0.2, 0.25) is 0 Å². The zero-order valence-electron chi connectivity index (χ0n) is 10.7. The summed E-state index contributed by atoms with van der Waals surface area (Å²) in [5, 5.41) is 6.66. The first kappa shape index (κ1) is 13.9. The van der Waals surface area contributed by atoms with E-state index in [0.29, 0.717) is 0 Å². The second-order valence-corrected chi connectivity index (χ2v) is 4.75. The van der Waals surface area contributed by atoms with Gasteiger partial charge in [-0.1, -0.05) is 30.3 Å². The van der Waals surface area contributed by atoms with Crippen molar-refractivity contribution in [3.8, 4) is 0 Å². The Balaban J connectivity index is 2.46. The smallest absolute Gasteiger partial charge is 0.191 e. The summed E-state index contributed by atoms with van der Waals surface area (Å²) in [4.78, 5) is 4.21. The predicted molar refractivity (Wildman–Crippen MR) is 77.7 cm³/mol. The molecule has 17 heavy (non-hydrogen) atoms. The van der Waals surface area contributed by atoms with Crippen LogP contribution in [0, 0.1) is 0 Å². The van der Waals surface area contributed by atoms with Crippen molar-refractivity contribution >= 4 is 17.7 Å². The fourth-order valence-corrected chi connectivity index (χ4v) is 1.80. The van der Waals surface area contributed by atoms with Crippen LogP contribution in [0.25, 0.3) is 0 Å². The van der Waals surface area contributed by atoms with Crippen LogP contribution >= 0.6 is 11.8 Å². The van der Waals surface area contributed by atoms with E-state index in [-0.39, 0.29) is 6.04 Å². The molecule has 0 spiro atoms. The summed E-state index contributed by atoms with van der Waals surface area (Å²) < 4.78 is 0. The van der Waals surface area contributed by atoms with Gasteiger partial charge in [0.25, 0.3) is 0 Å². The van der Waals surface area contributed by atoms with E-state index in [1.54, 1.807) is 7.05 Å². The molecule has 2 N–H and O–H groups in total. The minimum absolute atomic E-state index is 0.261. The van der Waals surface area contributed by atoms with Gasteiger partial charge in [0.05, 0.1) is 6.04 Å². The van der Waals surface area contributed by atoms with E-state index in [1.807, 2.05) is 17.8 Å². The van der Waals surface area contributed by atoms with Gasteiger partial charge in [0.1, 0.15) is 0 Å². The van der Waals surface area contributed by atoms with Crippen LogP contribution in [0.3, 0.4) is 0 Å². The highest BCUT2D eigenvalue weighted by molar-refractivity contribution is 7.98. The highest BCUT2D eigenvalue weighted by Gasteiger charge is 2.06. The predicted octanol–water partition coefficient (Wildman–Crippen LogP) is 2.28. The zero-order valence-corrected chi connectivity index (χ0v) is 11.6. The molecule has 0 saturated carbocycles. The lowest BCUT2D eigenvalue weighted by Crippen LogP contribution is -2.39. The summed E-state index contributed by atoms with van der Waals surface area (Å²) >= 11 is 1.82. The van der Waals surface area contributed by atoms with Gasteiger partial charge in [-0.05, 0) is 18.7 Å². The number of nitrogens with zero attached hydrogens (tertiary/aromatic N) is 1. The molecule has 1 unspecified atom stereocenters. The molecule has 1 rings (SSSR count). The van der Waals surface area contributed by atoms with Crippen molar-refractivity contribution in [3.63, 3.8) is 0 Å². The summed E-state index contributed by atoms with van der Waals surface area (Å²) in [6.07, 6.45) is 2.10. The third-order valence-corrected chi connectivity index (χ3v) is 3.09. The summed E-state index contributed by atoms with van der Waals surface area (Å²) in [5.41, 5.74) is 1.26. The van der Waals surface area contributed by atoms with Crippen molar-refractivity contribution in [1.29, 1.82) is 0 Å². The number of rotatable bonds is 5. The molecule has 0 aromatic heterocycles. The van der Waals surface area contributed by atoms with Gasteiger partial charge >= 0.3 is 0 Å². The first-order chi connectivity index (χ1) is 8.27. The Bertz CT molecular complexity index is 338. The first-order valence-corrected chi connectivity index (χ1v) is 7.18. The maximum atomic E-state index is 4.21. The molecule has 0 amide bonds. The van der Waals surface area contributed by atoms with Crippen molar-refractivity contribution in [2.45, 2.75) is 13.0 Å². The molecule has 0 fully saturated rings. The van der Waals surface area contributed by atoms with Crippen LogP contribution in [-0.2, 0) is 0 Å². The molecule has 0 aliphatic carbocycles. The van der Waals surface area contributed by atoms with E-state index >= 15 is 0 Å². The number of nitrogens with one attached hydrogen (secondary N) is 2. The molecule has 0 aliphatic rings. The third kappa shape index (κ3) is 5.13. The van der Waals surface area contributed by atoms with E-state index < -0.39 is 0 Å². The first-order valence-electron chi connectivity index (χ1n) is 5.79. The van der Waals surface area contributed by atoms with Crippen LogP contribution in [0.4, 0.5) is 0 Å². The van der Waals surface area contributed by atoms with Crippen LogP contribution < -0.4 is 10.6 Å². The van der Waals surface area contributed by atoms with E-state index in [0.717, 1.165) is 18.3 Å². The average Bonchev–Trinajstić information content (AvgIpc) is 2.38. The maximum absolute atomic E-state index is 4.21. The zero-order chi connectivity index (χ0) is 12.5. The molecule has 1 atom stereocenters. The second kappa shape index (κ2) is 8.01. The lowest BCUT2D eigenvalue weighted by atomic mass is 10.1. The molecule has 4 heteroatoms. The number of benzene rings is 1. The highest BCUT2D eigenvalue weighted by atomic mass is 32.2. The summed E-state index contributed by atoms with van der Waals surface area (Å²) in [7, 11) is 1.80. The Morgan fingerprint density at radius 1 is 1.35 bits per heavy atom. The molecule has 1 aromatic carbocycles. The van der Waals surface area contributed by atoms with Gasteiger partial charge < -0.3 is 10.6 Å². The molecule has 0 bridgehead atoms. The largest absolute Gasteiger partial charge is 0.356 e. The molecule has 0 aliphatic heterocycles. The summed E-state index contributed by atoms with van der Waals surface area (Å²) in [5.74, 6) is 1.94. The SMILES string of the molecule is CN=C(NCCSC)NC(C)c1ccccc1. The fourth-order valence-electron chi connectivity index (χ4n) is 1.50. The summed E-state index contributed by atoms with van der Waals surface area (Å²) in [6, 6.07) is 10.6. The minimum atomic E-state index is 0.261. The maximum Gasteiger partial charge on any atom is 0.191 e. The second-order valence-electron chi connectivity index (χ2n) is 3.77. The number of hydrogen-bond acceptors (Lipinski definition) is 2. The van der Waals surface area contributed by atoms with Crippen molar-refractivity contribution in [2.24, 2.45) is 4.99 Å². The number of thioether (sulfide) groups is 1. The van der Waals surface area contributed by atoms with E-state index in [1.165, 1.54) is 5.56 Å². The molecule has 1 aromatic rings. The molecule has 3 nitrogen and oxygen atoms in total. The Kier molecular flexibility index (Phi) is 6.55. The Morgan fingerprint density at radius 2 is 2.06 bits per heavy atom. The van der Waals surface area contributed by atoms with Crippen LogP contribution in [0.15, 0.2) is 35.3 Å². The van der Waals surface area contributed by atoms with Crippen LogP contribution in [0.1, 0.15) is 18.5 Å². The minimum Gasteiger partial charge on any atom is -0.356 e. The normalized spacial score (nSPS) is 13.2. The third-order valence-electron chi connectivity index (χ3n) is 2.48. The van der Waals surface area contributed by atoms with Gasteiger partial charge in [-0.2, -0.15) is 11.8 Å². The Hall–Kier alpha value is -1.16. The van der Waals surface area contributed by atoms with E-state index in [4.69, 9.17) is 0 Å². The van der Waals surface area contributed by atoms with Crippen molar-refractivity contribution in [2.75, 3.05) is 25.6 Å². The lowest BCUT2D eigenvalue weighted by molar-refractivity contribution is 0.691. The molecular weight excluding hydrogens is 230 g/mol. The number of aliphatic imine (C=N–C) groups is 1. The monoisotopic (exact) mass is 251 g/mol. The molecule has 0 heterocycles. The standard InChI is InChI=1S/C13H21N3S/c1-11(12-7-5-4-6-8-12)16-13(14-2)15-9-10-17-3/h4-8,11H,9-10H2,1-3H3,(H2,14,15,16). The quantitative estimate of drug-likeness (QED) is 0.479. The molecule has 0 radical (unpaired) electrons. The molecule has 94 valence electrons. The van der Waals surface area contributed by atoms with E-state index in [9.17, 15) is 0 Å². The van der Waals surface area contributed by atoms with Crippen LogP contribution in [0.5, 0.6) is 0 Å². The van der Waals surface area contributed by atoms with Gasteiger partial charge in [0.2, 0.25) is 0 Å². The number of guanidine groups is 1. The van der Waals surface area contributed by atoms with Crippen molar-refractivity contribution in [3.05, 3.63) is 35.9 Å². The Labute approximate surface area is 108 Å². The van der Waals surface area contributed by atoms with Gasteiger partial charge in [-0.3, -0.25) is 4.99 Å². The number of hydrogen-bond donors (Lipinski definition) is 2. The van der Waals surface area contributed by atoms with Gasteiger partial charge in [-0.15, -0.1) is 0 Å².